The number of nitrogens with zero attached hydrogens (tertiary/aromatic N) is 3. The van der Waals surface area contributed by atoms with E-state index in [1.54, 1.807) is 0 Å². The van der Waals surface area contributed by atoms with Gasteiger partial charge >= 0.3 is 0 Å². The molecule has 0 saturated heterocycles. The molecule has 10 rings (SSSR count). The Morgan fingerprint density at radius 1 is 0.529 bits per heavy atom. The van der Waals surface area contributed by atoms with Crippen molar-refractivity contribution in [2.45, 2.75) is 6.42 Å². The molecule has 2 aliphatic carbocycles. The van der Waals surface area contributed by atoms with Gasteiger partial charge in [0.15, 0.2) is 17.5 Å². The number of allylic oxidation sites excluding steroid dienone is 8. The summed E-state index contributed by atoms with van der Waals surface area (Å²) in [6.07, 6.45) is 13.8. The van der Waals surface area contributed by atoms with E-state index in [1.807, 2.05) is 30.3 Å². The number of hydrogen-bond acceptors (Lipinski definition) is 4. The van der Waals surface area contributed by atoms with Crippen molar-refractivity contribution in [2.24, 2.45) is 5.92 Å². The summed E-state index contributed by atoms with van der Waals surface area (Å²) in [6, 6.07) is 46.6. The third kappa shape index (κ3) is 5.20. The fraction of sp³-hybridized carbons (Fsp3) is 0.0426. The van der Waals surface area contributed by atoms with Gasteiger partial charge in [-0.05, 0) is 57.2 Å². The second kappa shape index (κ2) is 12.0. The lowest BCUT2D eigenvalue weighted by molar-refractivity contribution is 0.670. The molecule has 2 aromatic heterocycles. The molecule has 51 heavy (non-hydrogen) atoms. The Morgan fingerprint density at radius 3 is 2.18 bits per heavy atom. The van der Waals surface area contributed by atoms with Crippen molar-refractivity contribution in [2.75, 3.05) is 0 Å². The first-order valence-corrected chi connectivity index (χ1v) is 17.4. The predicted octanol–water partition coefficient (Wildman–Crippen LogP) is 12.0. The second-order valence-electron chi connectivity index (χ2n) is 13.2. The van der Waals surface area contributed by atoms with Crippen LogP contribution in [0.25, 0.3) is 83.3 Å². The molecule has 0 amide bonds. The molecule has 1 unspecified atom stereocenters. The van der Waals surface area contributed by atoms with Crippen molar-refractivity contribution < 1.29 is 4.42 Å². The molecular formula is C47H31N3O. The van der Waals surface area contributed by atoms with E-state index in [0.717, 1.165) is 56.2 Å². The fourth-order valence-electron chi connectivity index (χ4n) is 7.46. The topological polar surface area (TPSA) is 51.8 Å². The third-order valence-corrected chi connectivity index (χ3v) is 10.1. The molecule has 6 aromatic carbocycles. The third-order valence-electron chi connectivity index (χ3n) is 10.1. The summed E-state index contributed by atoms with van der Waals surface area (Å²) in [5.41, 5.74) is 10.5. The molecule has 1 atom stereocenters. The largest absolute Gasteiger partial charge is 0.455 e. The van der Waals surface area contributed by atoms with Gasteiger partial charge in [0.25, 0.3) is 0 Å². The number of fused-ring (bicyclic) bond motifs is 5. The molecule has 0 radical (unpaired) electrons. The Bertz CT molecular complexity index is 2770. The fourth-order valence-corrected chi connectivity index (χ4v) is 7.46. The van der Waals surface area contributed by atoms with Crippen LogP contribution in [0.3, 0.4) is 0 Å². The van der Waals surface area contributed by atoms with Crippen LogP contribution in [0.1, 0.15) is 12.2 Å². The van der Waals surface area contributed by atoms with Crippen LogP contribution in [0, 0.1) is 5.92 Å². The zero-order chi connectivity index (χ0) is 33.7. The summed E-state index contributed by atoms with van der Waals surface area (Å²) in [4.78, 5) is 15.3. The lowest BCUT2D eigenvalue weighted by Crippen LogP contribution is -2.10. The molecule has 0 saturated carbocycles. The Morgan fingerprint density at radius 2 is 1.27 bits per heavy atom. The van der Waals surface area contributed by atoms with Gasteiger partial charge < -0.3 is 4.42 Å². The van der Waals surface area contributed by atoms with Crippen LogP contribution in [-0.2, 0) is 0 Å². The Balaban J connectivity index is 1.09. The van der Waals surface area contributed by atoms with E-state index in [4.69, 9.17) is 19.4 Å². The van der Waals surface area contributed by atoms with E-state index in [2.05, 4.69) is 140 Å². The van der Waals surface area contributed by atoms with Gasteiger partial charge in [0.1, 0.15) is 11.2 Å². The first-order chi connectivity index (χ1) is 25.2. The van der Waals surface area contributed by atoms with Gasteiger partial charge in [0.2, 0.25) is 0 Å². The van der Waals surface area contributed by atoms with E-state index in [9.17, 15) is 0 Å². The van der Waals surface area contributed by atoms with Gasteiger partial charge in [0, 0.05) is 33.4 Å². The monoisotopic (exact) mass is 653 g/mol. The molecule has 0 fully saturated rings. The smallest absolute Gasteiger partial charge is 0.164 e. The molecular weight excluding hydrogens is 623 g/mol. The Labute approximate surface area is 295 Å². The van der Waals surface area contributed by atoms with Gasteiger partial charge in [-0.1, -0.05) is 158 Å². The zero-order valence-electron chi connectivity index (χ0n) is 27.7. The van der Waals surface area contributed by atoms with Crippen molar-refractivity contribution in [1.82, 2.24) is 15.0 Å². The van der Waals surface area contributed by atoms with Crippen molar-refractivity contribution in [3.8, 4) is 45.0 Å². The molecule has 0 N–H and O–H groups in total. The van der Waals surface area contributed by atoms with Crippen LogP contribution < -0.4 is 0 Å². The maximum absolute atomic E-state index is 6.68. The van der Waals surface area contributed by atoms with Crippen molar-refractivity contribution in [1.29, 1.82) is 0 Å². The summed E-state index contributed by atoms with van der Waals surface area (Å²) < 4.78 is 6.68. The van der Waals surface area contributed by atoms with Gasteiger partial charge in [0.05, 0.1) is 0 Å². The lowest BCUT2D eigenvalue weighted by atomic mass is 9.84. The van der Waals surface area contributed by atoms with E-state index in [1.165, 1.54) is 27.5 Å². The SMILES string of the molecule is C1=CC2=CC=C(c3nc(-c4ccccc4)nc(-c4cccc5oc6c(-c7ccc(-c8ccc9ccccc9c8)cc7)cccc6c45)n3)CC2C=C1. The molecule has 0 bridgehead atoms. The van der Waals surface area contributed by atoms with Gasteiger partial charge in [-0.25, -0.2) is 15.0 Å². The van der Waals surface area contributed by atoms with Crippen LogP contribution >= 0.6 is 0 Å². The standard InChI is InChI=1S/C47H31N3O/c1-2-12-34(13-3-1)45-48-46(38-27-23-31-11-5-7-15-36(31)29-38)50-47(49-45)41-18-9-19-42-43(41)40-17-8-16-39(44(40)51-42)33-24-20-32(21-25-33)37-26-22-30-10-4-6-14-35(30)28-37/h1-28,36H,29H2. The minimum atomic E-state index is 0.316. The normalized spacial score (nSPS) is 15.3. The highest BCUT2D eigenvalue weighted by atomic mass is 16.3. The van der Waals surface area contributed by atoms with Crippen LogP contribution in [-0.4, -0.2) is 15.0 Å². The summed E-state index contributed by atoms with van der Waals surface area (Å²) in [5.74, 6) is 2.31. The van der Waals surface area contributed by atoms with Crippen molar-refractivity contribution in [3.63, 3.8) is 0 Å². The van der Waals surface area contributed by atoms with Crippen LogP contribution in [0.5, 0.6) is 0 Å². The summed E-state index contributed by atoms with van der Waals surface area (Å²) >= 11 is 0. The molecule has 4 heteroatoms. The van der Waals surface area contributed by atoms with Crippen LogP contribution in [0.15, 0.2) is 180 Å². The molecule has 4 nitrogen and oxygen atoms in total. The highest BCUT2D eigenvalue weighted by Crippen LogP contribution is 2.41. The zero-order valence-corrected chi connectivity index (χ0v) is 27.7. The molecule has 240 valence electrons. The number of rotatable bonds is 5. The van der Waals surface area contributed by atoms with Gasteiger partial charge in [-0.15, -0.1) is 0 Å². The number of furan rings is 1. The average molecular weight is 654 g/mol. The summed E-state index contributed by atoms with van der Waals surface area (Å²) in [6.45, 7) is 0. The highest BCUT2D eigenvalue weighted by molar-refractivity contribution is 6.15. The minimum absolute atomic E-state index is 0.316. The summed E-state index contributed by atoms with van der Waals surface area (Å²) in [7, 11) is 0. The maximum Gasteiger partial charge on any atom is 0.164 e. The second-order valence-corrected chi connectivity index (χ2v) is 13.2. The Hall–Kier alpha value is -6.65. The van der Waals surface area contributed by atoms with Crippen molar-refractivity contribution >= 4 is 38.3 Å². The first-order valence-electron chi connectivity index (χ1n) is 17.4. The van der Waals surface area contributed by atoms with E-state index in [0.29, 0.717) is 23.4 Å². The minimum Gasteiger partial charge on any atom is -0.455 e. The van der Waals surface area contributed by atoms with Crippen LogP contribution in [0.4, 0.5) is 0 Å². The number of para-hydroxylation sites is 1. The quantitative estimate of drug-likeness (QED) is 0.185. The van der Waals surface area contributed by atoms with Crippen molar-refractivity contribution in [3.05, 3.63) is 181 Å². The Kier molecular flexibility index (Phi) is 6.91. The average Bonchev–Trinajstić information content (AvgIpc) is 3.60. The maximum atomic E-state index is 6.68. The molecule has 2 aliphatic rings. The number of aromatic nitrogens is 3. The molecule has 0 spiro atoms. The van der Waals surface area contributed by atoms with Gasteiger partial charge in [-0.2, -0.15) is 0 Å². The van der Waals surface area contributed by atoms with E-state index < -0.39 is 0 Å². The molecule has 8 aromatic rings. The van der Waals surface area contributed by atoms with E-state index in [-0.39, 0.29) is 0 Å². The number of benzene rings is 6. The summed E-state index contributed by atoms with van der Waals surface area (Å²) in [5, 5.41) is 4.51. The molecule has 0 aliphatic heterocycles. The van der Waals surface area contributed by atoms with Gasteiger partial charge in [-0.3, -0.25) is 0 Å². The highest BCUT2D eigenvalue weighted by Gasteiger charge is 2.23. The first kappa shape index (κ1) is 29.3. The number of hydrogen-bond donors (Lipinski definition) is 0. The van der Waals surface area contributed by atoms with Crippen LogP contribution in [0.2, 0.25) is 0 Å². The predicted molar refractivity (Wildman–Crippen MR) is 209 cm³/mol. The van der Waals surface area contributed by atoms with E-state index >= 15 is 0 Å². The molecule has 2 heterocycles. The lowest BCUT2D eigenvalue weighted by Gasteiger charge is -2.22.